The number of likely N-dealkylation sites (tertiary alicyclic amines) is 1. The molecular formula is C19H30N2O3. The van der Waals surface area contributed by atoms with Crippen LogP contribution in [0.5, 0.6) is 0 Å². The molecule has 0 radical (unpaired) electrons. The lowest BCUT2D eigenvalue weighted by Gasteiger charge is -2.21. The minimum Gasteiger partial charge on any atom is -0.376 e. The minimum atomic E-state index is 0.000279. The number of carbonyl (C=O) groups excluding carboxylic acids is 1. The first kappa shape index (κ1) is 18.7. The van der Waals surface area contributed by atoms with E-state index in [9.17, 15) is 4.79 Å². The fourth-order valence-electron chi connectivity index (χ4n) is 2.75. The van der Waals surface area contributed by atoms with Crippen molar-refractivity contribution in [3.63, 3.8) is 0 Å². The van der Waals surface area contributed by atoms with Crippen molar-refractivity contribution in [2.24, 2.45) is 0 Å². The predicted molar refractivity (Wildman–Crippen MR) is 96.2 cm³/mol. The molecule has 24 heavy (non-hydrogen) atoms. The van der Waals surface area contributed by atoms with Gasteiger partial charge in [0.2, 0.25) is 0 Å². The lowest BCUT2D eigenvalue weighted by molar-refractivity contribution is 0.0143. The summed E-state index contributed by atoms with van der Waals surface area (Å²) >= 11 is 0. The summed E-state index contributed by atoms with van der Waals surface area (Å²) in [5.41, 5.74) is 1.87. The number of nitrogens with one attached hydrogen (secondary N) is 1. The van der Waals surface area contributed by atoms with E-state index in [1.807, 2.05) is 43.0 Å². The molecule has 1 fully saturated rings. The summed E-state index contributed by atoms with van der Waals surface area (Å²) in [7, 11) is 0. The Kier molecular flexibility index (Phi) is 8.05. The van der Waals surface area contributed by atoms with Crippen LogP contribution in [0.15, 0.2) is 24.3 Å². The number of nitrogens with zero attached hydrogens (tertiary/aromatic N) is 1. The van der Waals surface area contributed by atoms with E-state index in [0.717, 1.165) is 37.2 Å². The molecule has 0 unspecified atom stereocenters. The van der Waals surface area contributed by atoms with Gasteiger partial charge in [-0.2, -0.15) is 0 Å². The van der Waals surface area contributed by atoms with Gasteiger partial charge in [-0.05, 0) is 44.4 Å². The van der Waals surface area contributed by atoms with E-state index in [4.69, 9.17) is 9.47 Å². The van der Waals surface area contributed by atoms with E-state index >= 15 is 0 Å². The van der Waals surface area contributed by atoms with Crippen molar-refractivity contribution >= 4 is 11.7 Å². The molecule has 5 heteroatoms. The largest absolute Gasteiger partial charge is 0.376 e. The third-order valence-electron chi connectivity index (χ3n) is 4.02. The molecule has 0 atom stereocenters. The van der Waals surface area contributed by atoms with Gasteiger partial charge in [-0.15, -0.1) is 0 Å². The molecule has 2 amide bonds. The Morgan fingerprint density at radius 1 is 1.17 bits per heavy atom. The Labute approximate surface area is 145 Å². The van der Waals surface area contributed by atoms with Crippen molar-refractivity contribution in [2.75, 3.05) is 31.6 Å². The Balaban J connectivity index is 1.78. The van der Waals surface area contributed by atoms with Gasteiger partial charge in [-0.1, -0.05) is 25.0 Å². The highest BCUT2D eigenvalue weighted by molar-refractivity contribution is 5.89. The summed E-state index contributed by atoms with van der Waals surface area (Å²) in [6.07, 6.45) is 4.86. The minimum absolute atomic E-state index is 0.000279. The molecule has 1 heterocycles. The maximum absolute atomic E-state index is 12.4. The van der Waals surface area contributed by atoms with Gasteiger partial charge >= 0.3 is 6.03 Å². The molecule has 1 aromatic carbocycles. The molecule has 5 nitrogen and oxygen atoms in total. The smallest absolute Gasteiger partial charge is 0.321 e. The first-order valence-corrected chi connectivity index (χ1v) is 8.99. The Hall–Kier alpha value is -1.59. The van der Waals surface area contributed by atoms with Gasteiger partial charge in [0, 0.05) is 18.8 Å². The molecule has 0 spiro atoms. The lowest BCUT2D eigenvalue weighted by atomic mass is 10.2. The Morgan fingerprint density at radius 3 is 2.62 bits per heavy atom. The van der Waals surface area contributed by atoms with Crippen LogP contribution < -0.4 is 5.32 Å². The standard InChI is InChI=1S/C19H30N2O3/c1-16(2)24-13-12-23-15-17-8-7-9-18(14-17)20-19(22)21-10-5-3-4-6-11-21/h7-9,14,16H,3-6,10-13,15H2,1-2H3,(H,20,22). The number of benzene rings is 1. The van der Waals surface area contributed by atoms with E-state index in [1.54, 1.807) is 0 Å². The second kappa shape index (κ2) is 10.3. The van der Waals surface area contributed by atoms with Crippen LogP contribution in [0.25, 0.3) is 0 Å². The molecule has 0 aromatic heterocycles. The molecule has 0 bridgehead atoms. The molecule has 0 aliphatic carbocycles. The quantitative estimate of drug-likeness (QED) is 0.766. The number of ether oxygens (including phenoxy) is 2. The second-order valence-electron chi connectivity index (χ2n) is 6.50. The number of hydrogen-bond donors (Lipinski definition) is 1. The zero-order valence-electron chi connectivity index (χ0n) is 14.9. The van der Waals surface area contributed by atoms with Crippen molar-refractivity contribution in [1.82, 2.24) is 4.90 Å². The van der Waals surface area contributed by atoms with E-state index in [1.165, 1.54) is 12.8 Å². The summed E-state index contributed by atoms with van der Waals surface area (Å²) in [4.78, 5) is 14.3. The maximum atomic E-state index is 12.4. The number of hydrogen-bond acceptors (Lipinski definition) is 3. The predicted octanol–water partition coefficient (Wildman–Crippen LogP) is 4.04. The van der Waals surface area contributed by atoms with Gasteiger partial charge in [0.1, 0.15) is 0 Å². The molecule has 1 aromatic rings. The van der Waals surface area contributed by atoms with Crippen LogP contribution >= 0.6 is 0 Å². The first-order chi connectivity index (χ1) is 11.6. The van der Waals surface area contributed by atoms with Gasteiger partial charge in [0.15, 0.2) is 0 Å². The fourth-order valence-corrected chi connectivity index (χ4v) is 2.75. The van der Waals surface area contributed by atoms with Crippen LogP contribution in [0.2, 0.25) is 0 Å². The zero-order valence-corrected chi connectivity index (χ0v) is 14.9. The number of urea groups is 1. The molecule has 2 rings (SSSR count). The normalized spacial score (nSPS) is 15.4. The van der Waals surface area contributed by atoms with E-state index < -0.39 is 0 Å². The maximum Gasteiger partial charge on any atom is 0.321 e. The number of rotatable bonds is 7. The number of carbonyl (C=O) groups is 1. The van der Waals surface area contributed by atoms with Gasteiger partial charge < -0.3 is 19.7 Å². The van der Waals surface area contributed by atoms with E-state index in [-0.39, 0.29) is 12.1 Å². The highest BCUT2D eigenvalue weighted by Gasteiger charge is 2.15. The summed E-state index contributed by atoms with van der Waals surface area (Å²) < 4.78 is 11.1. The first-order valence-electron chi connectivity index (χ1n) is 8.99. The molecule has 1 saturated heterocycles. The SMILES string of the molecule is CC(C)OCCOCc1cccc(NC(=O)N2CCCCCC2)c1. The summed E-state index contributed by atoms with van der Waals surface area (Å²) in [5.74, 6) is 0. The Bertz CT molecular complexity index is 497. The summed E-state index contributed by atoms with van der Waals surface area (Å²) in [6, 6.07) is 7.84. The molecule has 1 N–H and O–H groups in total. The molecular weight excluding hydrogens is 304 g/mol. The van der Waals surface area contributed by atoms with E-state index in [2.05, 4.69) is 5.32 Å². The number of anilines is 1. The molecule has 134 valence electrons. The molecule has 0 saturated carbocycles. The highest BCUT2D eigenvalue weighted by Crippen LogP contribution is 2.15. The summed E-state index contributed by atoms with van der Waals surface area (Å²) in [5, 5.41) is 3.00. The van der Waals surface area contributed by atoms with Crippen LogP contribution in [0.1, 0.15) is 45.1 Å². The van der Waals surface area contributed by atoms with Crippen molar-refractivity contribution in [2.45, 2.75) is 52.2 Å². The van der Waals surface area contributed by atoms with Crippen LogP contribution in [-0.2, 0) is 16.1 Å². The Morgan fingerprint density at radius 2 is 1.92 bits per heavy atom. The second-order valence-corrected chi connectivity index (χ2v) is 6.50. The van der Waals surface area contributed by atoms with Crippen molar-refractivity contribution < 1.29 is 14.3 Å². The average Bonchev–Trinajstić information content (AvgIpc) is 2.84. The number of amides is 2. The van der Waals surface area contributed by atoms with Crippen LogP contribution in [0.4, 0.5) is 10.5 Å². The highest BCUT2D eigenvalue weighted by atomic mass is 16.5. The van der Waals surface area contributed by atoms with E-state index in [0.29, 0.717) is 19.8 Å². The third-order valence-corrected chi connectivity index (χ3v) is 4.02. The van der Waals surface area contributed by atoms with Gasteiger partial charge in [-0.25, -0.2) is 4.79 Å². The molecule has 1 aliphatic heterocycles. The average molecular weight is 334 g/mol. The van der Waals surface area contributed by atoms with Crippen LogP contribution in [0, 0.1) is 0 Å². The third kappa shape index (κ3) is 6.89. The molecule has 1 aliphatic rings. The van der Waals surface area contributed by atoms with Crippen molar-refractivity contribution in [3.05, 3.63) is 29.8 Å². The van der Waals surface area contributed by atoms with Crippen LogP contribution in [0.3, 0.4) is 0 Å². The monoisotopic (exact) mass is 334 g/mol. The summed E-state index contributed by atoms with van der Waals surface area (Å²) in [6.45, 7) is 7.42. The van der Waals surface area contributed by atoms with Gasteiger partial charge in [0.25, 0.3) is 0 Å². The lowest BCUT2D eigenvalue weighted by Crippen LogP contribution is -2.35. The zero-order chi connectivity index (χ0) is 17.2. The van der Waals surface area contributed by atoms with Gasteiger partial charge in [-0.3, -0.25) is 0 Å². The van der Waals surface area contributed by atoms with Crippen molar-refractivity contribution in [3.8, 4) is 0 Å². The van der Waals surface area contributed by atoms with Crippen molar-refractivity contribution in [1.29, 1.82) is 0 Å². The topological polar surface area (TPSA) is 50.8 Å². The van der Waals surface area contributed by atoms with Crippen LogP contribution in [-0.4, -0.2) is 43.3 Å². The van der Waals surface area contributed by atoms with Gasteiger partial charge in [0.05, 0.1) is 25.9 Å². The fraction of sp³-hybridized carbons (Fsp3) is 0.632.